The fraction of sp³-hybridized carbons (Fsp3) is 0.467. The number of carbonyl (C=O) groups is 2. The molecule has 0 bridgehead atoms. The van der Waals surface area contributed by atoms with Crippen molar-refractivity contribution >= 4 is 17.5 Å². The van der Waals surface area contributed by atoms with Crippen LogP contribution in [0.2, 0.25) is 0 Å². The second-order valence-corrected chi connectivity index (χ2v) is 4.75. The number of carbonyl (C=O) groups excluding carboxylic acids is 2. The van der Waals surface area contributed by atoms with Gasteiger partial charge in [0.2, 0.25) is 0 Å². The molecule has 0 spiro atoms. The van der Waals surface area contributed by atoms with Crippen molar-refractivity contribution in [3.8, 4) is 5.75 Å². The fourth-order valence-corrected chi connectivity index (χ4v) is 1.58. The predicted molar refractivity (Wildman–Crippen MR) is 80.3 cm³/mol. The van der Waals surface area contributed by atoms with Crippen LogP contribution < -0.4 is 15.4 Å². The number of amides is 2. The van der Waals surface area contributed by atoms with Gasteiger partial charge in [-0.05, 0) is 44.5 Å². The molecule has 1 aromatic carbocycles. The lowest BCUT2D eigenvalue weighted by Gasteiger charge is -2.10. The third-order valence-electron chi connectivity index (χ3n) is 2.50. The quantitative estimate of drug-likeness (QED) is 0.591. The zero-order valence-corrected chi connectivity index (χ0v) is 12.6. The summed E-state index contributed by atoms with van der Waals surface area (Å²) in [5, 5.41) is 5.04. The Kier molecular flexibility index (Phi) is 7.25. The SMILES string of the molecule is COCCCNC(=O)C(=O)Nc1ccc(OC(C)C)cc1. The molecule has 0 unspecified atom stereocenters. The average Bonchev–Trinajstić information content (AvgIpc) is 2.45. The second kappa shape index (κ2) is 8.97. The highest BCUT2D eigenvalue weighted by atomic mass is 16.5. The fourth-order valence-electron chi connectivity index (χ4n) is 1.58. The molecule has 0 aliphatic heterocycles. The van der Waals surface area contributed by atoms with E-state index in [9.17, 15) is 9.59 Å². The van der Waals surface area contributed by atoms with E-state index >= 15 is 0 Å². The molecule has 116 valence electrons. The highest BCUT2D eigenvalue weighted by Crippen LogP contribution is 2.16. The number of hydrogen-bond donors (Lipinski definition) is 2. The molecule has 6 nitrogen and oxygen atoms in total. The molecule has 0 aromatic heterocycles. The molecule has 0 atom stereocenters. The van der Waals surface area contributed by atoms with Crippen LogP contribution in [0.4, 0.5) is 5.69 Å². The lowest BCUT2D eigenvalue weighted by molar-refractivity contribution is -0.136. The molecular formula is C15H22N2O4. The standard InChI is InChI=1S/C15H22N2O4/c1-11(2)21-13-7-5-12(6-8-13)17-15(19)14(18)16-9-4-10-20-3/h5-8,11H,4,9-10H2,1-3H3,(H,16,18)(H,17,19). The maximum absolute atomic E-state index is 11.7. The van der Waals surface area contributed by atoms with E-state index in [1.165, 1.54) is 0 Å². The van der Waals surface area contributed by atoms with Crippen molar-refractivity contribution < 1.29 is 19.1 Å². The van der Waals surface area contributed by atoms with Crippen molar-refractivity contribution in [1.29, 1.82) is 0 Å². The van der Waals surface area contributed by atoms with Crippen molar-refractivity contribution in [2.75, 3.05) is 25.6 Å². The van der Waals surface area contributed by atoms with Crippen LogP contribution in [0.3, 0.4) is 0 Å². The summed E-state index contributed by atoms with van der Waals surface area (Å²) in [5.74, 6) is -0.634. The summed E-state index contributed by atoms with van der Waals surface area (Å²) in [7, 11) is 1.58. The molecule has 1 rings (SSSR count). The van der Waals surface area contributed by atoms with Gasteiger partial charge in [-0.25, -0.2) is 0 Å². The van der Waals surface area contributed by atoms with Crippen LogP contribution in [0, 0.1) is 0 Å². The van der Waals surface area contributed by atoms with Crippen molar-refractivity contribution in [1.82, 2.24) is 5.32 Å². The maximum Gasteiger partial charge on any atom is 0.313 e. The molecule has 0 fully saturated rings. The van der Waals surface area contributed by atoms with Gasteiger partial charge in [0.05, 0.1) is 6.10 Å². The van der Waals surface area contributed by atoms with E-state index in [-0.39, 0.29) is 6.10 Å². The van der Waals surface area contributed by atoms with Crippen LogP contribution in [0.1, 0.15) is 20.3 Å². The summed E-state index contributed by atoms with van der Waals surface area (Å²) in [5.41, 5.74) is 0.545. The maximum atomic E-state index is 11.7. The van der Waals surface area contributed by atoms with E-state index in [1.807, 2.05) is 13.8 Å². The first-order chi connectivity index (χ1) is 10.0. The van der Waals surface area contributed by atoms with Gasteiger partial charge in [-0.1, -0.05) is 0 Å². The Morgan fingerprint density at radius 2 is 1.81 bits per heavy atom. The van der Waals surface area contributed by atoms with Gasteiger partial charge < -0.3 is 20.1 Å². The van der Waals surface area contributed by atoms with E-state index in [4.69, 9.17) is 9.47 Å². The van der Waals surface area contributed by atoms with Crippen molar-refractivity contribution in [2.24, 2.45) is 0 Å². The Hall–Kier alpha value is -2.08. The number of rotatable bonds is 7. The summed E-state index contributed by atoms with van der Waals surface area (Å²) < 4.78 is 10.3. The smallest absolute Gasteiger partial charge is 0.313 e. The normalized spacial score (nSPS) is 10.3. The van der Waals surface area contributed by atoms with Crippen molar-refractivity contribution in [2.45, 2.75) is 26.4 Å². The van der Waals surface area contributed by atoms with E-state index < -0.39 is 11.8 Å². The zero-order valence-electron chi connectivity index (χ0n) is 12.6. The van der Waals surface area contributed by atoms with E-state index in [1.54, 1.807) is 31.4 Å². The number of hydrogen-bond acceptors (Lipinski definition) is 4. The van der Waals surface area contributed by atoms with Gasteiger partial charge in [0.1, 0.15) is 5.75 Å². The third-order valence-corrected chi connectivity index (χ3v) is 2.50. The van der Waals surface area contributed by atoms with Crippen LogP contribution in [-0.2, 0) is 14.3 Å². The summed E-state index contributed by atoms with van der Waals surface area (Å²) in [6.07, 6.45) is 0.750. The molecule has 0 saturated heterocycles. The summed E-state index contributed by atoms with van der Waals surface area (Å²) in [4.78, 5) is 23.2. The van der Waals surface area contributed by atoms with Gasteiger partial charge in [0, 0.05) is 25.9 Å². The number of benzene rings is 1. The Morgan fingerprint density at radius 3 is 2.38 bits per heavy atom. The Labute approximate surface area is 124 Å². The van der Waals surface area contributed by atoms with E-state index in [0.717, 1.165) is 0 Å². The molecule has 6 heteroatoms. The Bertz CT molecular complexity index is 457. The molecule has 21 heavy (non-hydrogen) atoms. The average molecular weight is 294 g/mol. The minimum Gasteiger partial charge on any atom is -0.491 e. The Balaban J connectivity index is 2.41. The van der Waals surface area contributed by atoms with Gasteiger partial charge in [-0.3, -0.25) is 9.59 Å². The van der Waals surface area contributed by atoms with Crippen LogP contribution in [0.15, 0.2) is 24.3 Å². The molecule has 0 heterocycles. The highest BCUT2D eigenvalue weighted by molar-refractivity contribution is 6.39. The number of nitrogens with one attached hydrogen (secondary N) is 2. The molecule has 2 N–H and O–H groups in total. The van der Waals surface area contributed by atoms with Crippen molar-refractivity contribution in [3.05, 3.63) is 24.3 Å². The first-order valence-electron chi connectivity index (χ1n) is 6.87. The lowest BCUT2D eigenvalue weighted by Crippen LogP contribution is -2.36. The van der Waals surface area contributed by atoms with Crippen LogP contribution in [-0.4, -0.2) is 38.2 Å². The first-order valence-corrected chi connectivity index (χ1v) is 6.87. The van der Waals surface area contributed by atoms with Gasteiger partial charge in [-0.15, -0.1) is 0 Å². The topological polar surface area (TPSA) is 76.7 Å². The minimum atomic E-state index is -0.690. The summed E-state index contributed by atoms with van der Waals surface area (Å²) in [6.45, 7) is 4.81. The number of methoxy groups -OCH3 is 1. The first kappa shape index (κ1) is 17.0. The second-order valence-electron chi connectivity index (χ2n) is 4.75. The molecule has 0 aliphatic carbocycles. The summed E-state index contributed by atoms with van der Waals surface area (Å²) >= 11 is 0. The molecule has 1 aromatic rings. The monoisotopic (exact) mass is 294 g/mol. The van der Waals surface area contributed by atoms with Crippen molar-refractivity contribution in [3.63, 3.8) is 0 Å². The minimum absolute atomic E-state index is 0.0864. The van der Waals surface area contributed by atoms with Gasteiger partial charge in [0.15, 0.2) is 0 Å². The third kappa shape index (κ3) is 6.76. The molecule has 0 aliphatic rings. The number of anilines is 1. The predicted octanol–water partition coefficient (Wildman–Crippen LogP) is 1.56. The number of ether oxygens (including phenoxy) is 2. The highest BCUT2D eigenvalue weighted by Gasteiger charge is 2.12. The molecule has 2 amide bonds. The van der Waals surface area contributed by atoms with Gasteiger partial charge in [0.25, 0.3) is 0 Å². The van der Waals surface area contributed by atoms with Crippen LogP contribution in [0.25, 0.3) is 0 Å². The van der Waals surface area contributed by atoms with Crippen LogP contribution in [0.5, 0.6) is 5.75 Å². The molecular weight excluding hydrogens is 272 g/mol. The summed E-state index contributed by atoms with van der Waals surface area (Å²) in [6, 6.07) is 6.86. The van der Waals surface area contributed by atoms with Gasteiger partial charge >= 0.3 is 11.8 Å². The zero-order chi connectivity index (χ0) is 15.7. The Morgan fingerprint density at radius 1 is 1.14 bits per heavy atom. The molecule has 0 saturated carbocycles. The lowest BCUT2D eigenvalue weighted by atomic mass is 10.3. The largest absolute Gasteiger partial charge is 0.491 e. The van der Waals surface area contributed by atoms with E-state index in [2.05, 4.69) is 10.6 Å². The van der Waals surface area contributed by atoms with E-state index in [0.29, 0.717) is 31.0 Å². The van der Waals surface area contributed by atoms with Crippen LogP contribution >= 0.6 is 0 Å². The van der Waals surface area contributed by atoms with Gasteiger partial charge in [-0.2, -0.15) is 0 Å². The molecule has 0 radical (unpaired) electrons.